The predicted octanol–water partition coefficient (Wildman–Crippen LogP) is 2.95. The van der Waals surface area contributed by atoms with Crippen LogP contribution < -0.4 is 17.0 Å². The minimum Gasteiger partial charge on any atom is -1.00 e. The largest absolute Gasteiger partial charge is 1.00 e. The second-order valence-corrected chi connectivity index (χ2v) is 8.39. The lowest BCUT2D eigenvalue weighted by atomic mass is 10.0. The molecule has 2 nitrogen and oxygen atoms in total. The van der Waals surface area contributed by atoms with E-state index in [1.54, 1.807) is 0 Å². The number of unbranched alkanes of at least 4 members (excludes halogenated alkanes) is 13. The number of rotatable bonds is 17. The Bertz CT molecular complexity index is 267. The average molecular weight is 406 g/mol. The lowest BCUT2D eigenvalue weighted by Crippen LogP contribution is -3.00. The van der Waals surface area contributed by atoms with Gasteiger partial charge in [0.15, 0.2) is 0 Å². The Labute approximate surface area is 163 Å². The summed E-state index contributed by atoms with van der Waals surface area (Å²) in [6.07, 6.45) is 20.8. The summed E-state index contributed by atoms with van der Waals surface area (Å²) in [5, 5.41) is 0. The third kappa shape index (κ3) is 15.9. The van der Waals surface area contributed by atoms with Crippen molar-refractivity contribution in [1.82, 2.24) is 0 Å². The van der Waals surface area contributed by atoms with E-state index in [1.807, 2.05) is 0 Å². The Morgan fingerprint density at radius 3 is 1.46 bits per heavy atom. The first-order valence-electron chi connectivity index (χ1n) is 10.6. The maximum absolute atomic E-state index is 5.35. The predicted molar refractivity (Wildman–Crippen MR) is 102 cm³/mol. The van der Waals surface area contributed by atoms with Crippen molar-refractivity contribution < 1.29 is 26.2 Å². The van der Waals surface area contributed by atoms with E-state index in [0.717, 1.165) is 11.1 Å². The number of hydrogen-bond acceptors (Lipinski definition) is 1. The number of ether oxygens (including phenoxy) is 1. The summed E-state index contributed by atoms with van der Waals surface area (Å²) < 4.78 is 6.49. The Balaban J connectivity index is 0.00000529. The first-order chi connectivity index (χ1) is 11.1. The first-order valence-corrected chi connectivity index (χ1v) is 10.6. The van der Waals surface area contributed by atoms with E-state index >= 15 is 0 Å². The van der Waals surface area contributed by atoms with Crippen molar-refractivity contribution >= 4 is 0 Å². The summed E-state index contributed by atoms with van der Waals surface area (Å²) in [5.74, 6) is 0. The molecule has 1 heterocycles. The van der Waals surface area contributed by atoms with Gasteiger partial charge in [-0.15, -0.1) is 0 Å². The van der Waals surface area contributed by atoms with Gasteiger partial charge in [-0.25, -0.2) is 0 Å². The molecule has 24 heavy (non-hydrogen) atoms. The van der Waals surface area contributed by atoms with Gasteiger partial charge in [0, 0.05) is 0 Å². The van der Waals surface area contributed by atoms with Crippen LogP contribution in [0, 0.1) is 0 Å². The fourth-order valence-electron chi connectivity index (χ4n) is 3.55. The summed E-state index contributed by atoms with van der Waals surface area (Å²) >= 11 is 0. The van der Waals surface area contributed by atoms with Crippen LogP contribution in [-0.2, 0) is 4.74 Å². The molecule has 0 spiro atoms. The second kappa shape index (κ2) is 15.6. The van der Waals surface area contributed by atoms with Gasteiger partial charge in [-0.3, -0.25) is 0 Å². The molecule has 1 aliphatic rings. The lowest BCUT2D eigenvalue weighted by molar-refractivity contribution is -0.891. The SMILES string of the molecule is CCCCCCCCCCCCCCCC[N+](C)(C)CC1CO1.[Br-]. The third-order valence-corrected chi connectivity index (χ3v) is 5.22. The smallest absolute Gasteiger partial charge is 0.130 e. The Morgan fingerprint density at radius 2 is 1.08 bits per heavy atom. The van der Waals surface area contributed by atoms with Crippen LogP contribution in [0.4, 0.5) is 0 Å². The molecule has 1 aliphatic heterocycles. The highest BCUT2D eigenvalue weighted by Gasteiger charge is 2.30. The maximum atomic E-state index is 5.35. The van der Waals surface area contributed by atoms with Crippen molar-refractivity contribution in [2.45, 2.75) is 103 Å². The highest BCUT2D eigenvalue weighted by molar-refractivity contribution is 4.67. The molecule has 0 saturated carbocycles. The van der Waals surface area contributed by atoms with E-state index in [0.29, 0.717) is 6.10 Å². The fourth-order valence-corrected chi connectivity index (χ4v) is 3.55. The highest BCUT2D eigenvalue weighted by atomic mass is 79.9. The van der Waals surface area contributed by atoms with Crippen LogP contribution >= 0.6 is 0 Å². The van der Waals surface area contributed by atoms with Gasteiger partial charge in [0.2, 0.25) is 0 Å². The molecule has 0 aliphatic carbocycles. The van der Waals surface area contributed by atoms with Crippen LogP contribution in [0.1, 0.15) is 96.8 Å². The standard InChI is InChI=1S/C21H44NO.BrH/c1-4-5-6-7-8-9-10-11-12-13-14-15-16-17-18-22(2,3)19-21-20-23-21;/h21H,4-20H2,1-3H3;1H/q+1;/p-1. The van der Waals surface area contributed by atoms with Crippen LogP contribution in [0.3, 0.4) is 0 Å². The number of quaternary nitrogens is 1. The van der Waals surface area contributed by atoms with Crippen molar-refractivity contribution in [2.75, 3.05) is 33.8 Å². The quantitative estimate of drug-likeness (QED) is 0.206. The molecule has 0 N–H and O–H groups in total. The van der Waals surface area contributed by atoms with Crippen LogP contribution in [0.25, 0.3) is 0 Å². The molecule has 1 unspecified atom stereocenters. The van der Waals surface area contributed by atoms with Gasteiger partial charge in [0.25, 0.3) is 0 Å². The average Bonchev–Trinajstić information content (AvgIpc) is 3.30. The zero-order valence-corrected chi connectivity index (χ0v) is 18.4. The topological polar surface area (TPSA) is 12.5 Å². The summed E-state index contributed by atoms with van der Waals surface area (Å²) in [6.45, 7) is 5.82. The van der Waals surface area contributed by atoms with E-state index in [4.69, 9.17) is 4.74 Å². The molecule has 1 rings (SSSR count). The van der Waals surface area contributed by atoms with Crippen molar-refractivity contribution in [3.63, 3.8) is 0 Å². The molecule has 0 bridgehead atoms. The Morgan fingerprint density at radius 1 is 0.708 bits per heavy atom. The van der Waals surface area contributed by atoms with Gasteiger partial charge < -0.3 is 26.2 Å². The van der Waals surface area contributed by atoms with Crippen molar-refractivity contribution in [3.05, 3.63) is 0 Å². The summed E-state index contributed by atoms with van der Waals surface area (Å²) in [6, 6.07) is 0. The van der Waals surface area contributed by atoms with Gasteiger partial charge in [-0.05, 0) is 12.8 Å². The summed E-state index contributed by atoms with van der Waals surface area (Å²) in [4.78, 5) is 0. The molecule has 0 aromatic rings. The molecule has 1 saturated heterocycles. The molecule has 0 aromatic carbocycles. The summed E-state index contributed by atoms with van der Waals surface area (Å²) in [5.41, 5.74) is 0. The van der Waals surface area contributed by atoms with E-state index < -0.39 is 0 Å². The lowest BCUT2D eigenvalue weighted by Gasteiger charge is -2.29. The van der Waals surface area contributed by atoms with Crippen molar-refractivity contribution in [2.24, 2.45) is 0 Å². The highest BCUT2D eigenvalue weighted by Crippen LogP contribution is 2.16. The zero-order valence-electron chi connectivity index (χ0n) is 16.8. The molecule has 0 radical (unpaired) electrons. The molecule has 146 valence electrons. The van der Waals surface area contributed by atoms with E-state index in [-0.39, 0.29) is 17.0 Å². The molecular formula is C21H44BrNO. The molecule has 0 amide bonds. The molecule has 1 atom stereocenters. The Kier molecular flexibility index (Phi) is 15.9. The molecule has 1 fully saturated rings. The monoisotopic (exact) mass is 405 g/mol. The number of likely N-dealkylation sites (N-methyl/N-ethyl adjacent to an activating group) is 1. The minimum absolute atomic E-state index is 0. The zero-order chi connectivity index (χ0) is 16.8. The van der Waals surface area contributed by atoms with Gasteiger partial charge >= 0.3 is 0 Å². The van der Waals surface area contributed by atoms with E-state index in [1.165, 1.54) is 103 Å². The van der Waals surface area contributed by atoms with E-state index in [9.17, 15) is 0 Å². The van der Waals surface area contributed by atoms with Crippen LogP contribution in [0.2, 0.25) is 0 Å². The van der Waals surface area contributed by atoms with Crippen LogP contribution in [0.15, 0.2) is 0 Å². The number of halogens is 1. The molecule has 0 aromatic heterocycles. The van der Waals surface area contributed by atoms with Crippen molar-refractivity contribution in [1.29, 1.82) is 0 Å². The van der Waals surface area contributed by atoms with Gasteiger partial charge in [0.05, 0.1) is 27.2 Å². The number of nitrogens with zero attached hydrogens (tertiary/aromatic N) is 1. The molecule has 3 heteroatoms. The van der Waals surface area contributed by atoms with Crippen LogP contribution in [0.5, 0.6) is 0 Å². The summed E-state index contributed by atoms with van der Waals surface area (Å²) in [7, 11) is 4.70. The first kappa shape index (κ1) is 24.4. The number of hydrogen-bond donors (Lipinski definition) is 0. The Hall–Kier alpha value is 0.400. The normalized spacial score (nSPS) is 16.9. The fraction of sp³-hybridized carbons (Fsp3) is 1.00. The second-order valence-electron chi connectivity index (χ2n) is 8.39. The number of epoxide rings is 1. The molecular weight excluding hydrogens is 362 g/mol. The maximum Gasteiger partial charge on any atom is 0.130 e. The van der Waals surface area contributed by atoms with Crippen molar-refractivity contribution in [3.8, 4) is 0 Å². The van der Waals surface area contributed by atoms with E-state index in [2.05, 4.69) is 21.0 Å². The van der Waals surface area contributed by atoms with Gasteiger partial charge in [-0.1, -0.05) is 84.0 Å². The minimum atomic E-state index is 0. The van der Waals surface area contributed by atoms with Gasteiger partial charge in [-0.2, -0.15) is 0 Å². The van der Waals surface area contributed by atoms with Crippen LogP contribution in [-0.4, -0.2) is 44.4 Å². The third-order valence-electron chi connectivity index (χ3n) is 5.22. The van der Waals surface area contributed by atoms with Gasteiger partial charge in [0.1, 0.15) is 12.6 Å².